The van der Waals surface area contributed by atoms with Crippen molar-refractivity contribution in [1.29, 1.82) is 0 Å². The Morgan fingerprint density at radius 2 is 1.16 bits per heavy atom. The summed E-state index contributed by atoms with van der Waals surface area (Å²) in [6.07, 6.45) is 6.89. The number of quaternary nitrogens is 1. The summed E-state index contributed by atoms with van der Waals surface area (Å²) >= 11 is 0. The van der Waals surface area contributed by atoms with E-state index in [9.17, 15) is 19.2 Å². The monoisotopic (exact) mass is 665 g/mol. The van der Waals surface area contributed by atoms with Gasteiger partial charge >= 0.3 is 11.9 Å². The van der Waals surface area contributed by atoms with Gasteiger partial charge in [0.25, 0.3) is 0 Å². The zero-order valence-electron chi connectivity index (χ0n) is 26.5. The summed E-state index contributed by atoms with van der Waals surface area (Å²) in [5, 5.41) is 0. The summed E-state index contributed by atoms with van der Waals surface area (Å²) in [5.74, 6) is -0.654. The van der Waals surface area contributed by atoms with Crippen LogP contribution in [-0.2, 0) is 19.2 Å². The molecule has 2 aromatic carbocycles. The van der Waals surface area contributed by atoms with Gasteiger partial charge in [-0.05, 0) is 59.9 Å². The number of hydrogen-bond acceptors (Lipinski definition) is 9. The van der Waals surface area contributed by atoms with Crippen LogP contribution in [-0.4, -0.2) is 49.8 Å². The van der Waals surface area contributed by atoms with Crippen LogP contribution < -0.4 is 55.2 Å². The van der Waals surface area contributed by atoms with Crippen molar-refractivity contribution < 1.29 is 68.7 Å². The fourth-order valence-corrected chi connectivity index (χ4v) is 3.78. The number of nitrogens with two attached hydrogens (primary N) is 1. The third kappa shape index (κ3) is 12.7. The summed E-state index contributed by atoms with van der Waals surface area (Å²) in [4.78, 5) is 49.6. The van der Waals surface area contributed by atoms with Crippen molar-refractivity contribution in [1.82, 2.24) is 0 Å². The average molecular weight is 667 g/mol. The summed E-state index contributed by atoms with van der Waals surface area (Å²) in [6.45, 7) is 7.73. The molecule has 0 bridgehead atoms. The Morgan fingerprint density at radius 1 is 0.733 bits per heavy atom. The highest BCUT2D eigenvalue weighted by Crippen LogP contribution is 2.30. The van der Waals surface area contributed by atoms with Gasteiger partial charge in [0.2, 0.25) is 0 Å². The van der Waals surface area contributed by atoms with Crippen LogP contribution in [0.4, 0.5) is 0 Å². The lowest BCUT2D eigenvalue weighted by molar-refractivity contribution is -0.418. The van der Waals surface area contributed by atoms with E-state index in [1.54, 1.807) is 48.6 Å². The van der Waals surface area contributed by atoms with Crippen LogP contribution in [0.25, 0.3) is 12.2 Å². The highest BCUT2D eigenvalue weighted by Gasteiger charge is 2.26. The Labute approximate surface area is 277 Å². The number of benzene rings is 2. The maximum atomic E-state index is 12.4. The summed E-state index contributed by atoms with van der Waals surface area (Å²) in [6, 6.07) is 8.43. The first-order valence-corrected chi connectivity index (χ1v) is 14.2. The van der Waals surface area contributed by atoms with Crippen LogP contribution in [0.2, 0.25) is 0 Å². The Balaban J connectivity index is 0.00000968. The zero-order chi connectivity index (χ0) is 32.1. The van der Waals surface area contributed by atoms with E-state index in [1.807, 2.05) is 27.7 Å². The largest absolute Gasteiger partial charge is 1.00 e. The third-order valence-corrected chi connectivity index (χ3v) is 7.23. The van der Waals surface area contributed by atoms with E-state index in [0.717, 1.165) is 12.8 Å². The molecule has 0 amide bonds. The molecule has 0 heterocycles. The number of allylic oxidation sites excluding steroid dienone is 2. The SMILES string of the molecule is CC[C@H](C)[C@H](N)C(=O)Oc1ccc(/C=C/C(=O)CC(=O)/C=C/c2ccc(OC(=O)[C@@H]([NH3+])[C@@H](C)CC)c(OC)c2)cc1OC.[Cl-].[Cl-]. The number of ether oxygens (including phenoxy) is 4. The molecule has 4 atom stereocenters. The first kappa shape index (κ1) is 41.3. The van der Waals surface area contributed by atoms with Gasteiger partial charge in [0.05, 0.1) is 20.6 Å². The molecule has 0 aliphatic carbocycles. The molecule has 10 nitrogen and oxygen atoms in total. The first-order chi connectivity index (χ1) is 20.4. The Kier molecular flexibility index (Phi) is 18.7. The van der Waals surface area contributed by atoms with Gasteiger partial charge in [-0.25, -0.2) is 9.59 Å². The number of carbonyl (C=O) groups excluding carboxylic acids is 4. The average Bonchev–Trinajstić information content (AvgIpc) is 3.01. The van der Waals surface area contributed by atoms with Crippen molar-refractivity contribution in [3.63, 3.8) is 0 Å². The molecule has 2 aromatic rings. The number of halogens is 2. The number of methoxy groups -OCH3 is 2. The number of hydrogen-bond donors (Lipinski definition) is 2. The van der Waals surface area contributed by atoms with Gasteiger partial charge in [-0.1, -0.05) is 58.4 Å². The maximum Gasteiger partial charge on any atom is 0.370 e. The van der Waals surface area contributed by atoms with Crippen molar-refractivity contribution in [3.8, 4) is 23.0 Å². The Morgan fingerprint density at radius 3 is 1.56 bits per heavy atom. The predicted octanol–water partition coefficient (Wildman–Crippen LogP) is -2.19. The summed E-state index contributed by atoms with van der Waals surface area (Å²) in [7, 11) is 2.89. The van der Waals surface area contributed by atoms with Crippen LogP contribution in [0.5, 0.6) is 23.0 Å². The van der Waals surface area contributed by atoms with Crippen molar-refractivity contribution >= 4 is 35.7 Å². The second kappa shape index (κ2) is 20.4. The molecular weight excluding hydrogens is 623 g/mol. The lowest BCUT2D eigenvalue weighted by Gasteiger charge is -2.17. The van der Waals surface area contributed by atoms with Crippen molar-refractivity contribution in [2.75, 3.05) is 14.2 Å². The molecule has 0 spiro atoms. The van der Waals surface area contributed by atoms with Crippen LogP contribution in [0, 0.1) is 11.8 Å². The quantitative estimate of drug-likeness (QED) is 0.0879. The molecule has 45 heavy (non-hydrogen) atoms. The molecular formula is C33H43Cl2N2O8-. The normalized spacial score (nSPS) is 13.5. The number of ketones is 2. The molecule has 248 valence electrons. The van der Waals surface area contributed by atoms with Crippen LogP contribution in [0.1, 0.15) is 58.1 Å². The number of carbonyl (C=O) groups is 4. The fraction of sp³-hybridized carbons (Fsp3) is 0.394. The van der Waals surface area contributed by atoms with Gasteiger partial charge in [-0.2, -0.15) is 0 Å². The minimum absolute atomic E-state index is 0. The smallest absolute Gasteiger partial charge is 0.370 e. The topological polar surface area (TPSA) is 159 Å². The molecule has 0 radical (unpaired) electrons. The molecule has 0 aliphatic rings. The minimum atomic E-state index is -0.759. The van der Waals surface area contributed by atoms with Crippen LogP contribution in [0.15, 0.2) is 48.6 Å². The molecule has 0 aliphatic heterocycles. The van der Waals surface area contributed by atoms with Crippen LogP contribution in [0.3, 0.4) is 0 Å². The van der Waals surface area contributed by atoms with E-state index < -0.39 is 35.6 Å². The molecule has 0 aromatic heterocycles. The summed E-state index contributed by atoms with van der Waals surface area (Å²) in [5.41, 5.74) is 11.1. The Bertz CT molecular complexity index is 1260. The van der Waals surface area contributed by atoms with E-state index in [0.29, 0.717) is 22.6 Å². The van der Waals surface area contributed by atoms with Crippen molar-refractivity contribution in [3.05, 3.63) is 59.7 Å². The van der Waals surface area contributed by atoms with E-state index in [-0.39, 0.29) is 54.6 Å². The third-order valence-electron chi connectivity index (χ3n) is 7.23. The highest BCUT2D eigenvalue weighted by atomic mass is 35.5. The highest BCUT2D eigenvalue weighted by molar-refractivity contribution is 6.10. The van der Waals surface area contributed by atoms with Gasteiger partial charge < -0.3 is 55.2 Å². The molecule has 5 N–H and O–H groups in total. The van der Waals surface area contributed by atoms with Crippen molar-refractivity contribution in [2.45, 2.75) is 59.0 Å². The fourth-order valence-electron chi connectivity index (χ4n) is 3.78. The van der Waals surface area contributed by atoms with E-state index in [1.165, 1.54) is 26.4 Å². The number of rotatable bonds is 16. The van der Waals surface area contributed by atoms with Gasteiger partial charge in [-0.15, -0.1) is 0 Å². The van der Waals surface area contributed by atoms with E-state index in [2.05, 4.69) is 5.73 Å². The van der Waals surface area contributed by atoms with Gasteiger partial charge in [-0.3, -0.25) is 9.59 Å². The maximum absolute atomic E-state index is 12.4. The lowest BCUT2D eigenvalue weighted by Crippen LogP contribution is -3.00. The second-order valence-corrected chi connectivity index (χ2v) is 10.3. The molecule has 0 saturated heterocycles. The van der Waals surface area contributed by atoms with Crippen molar-refractivity contribution in [2.24, 2.45) is 17.6 Å². The number of esters is 2. The lowest BCUT2D eigenvalue weighted by atomic mass is 10.0. The molecule has 0 unspecified atom stereocenters. The minimum Gasteiger partial charge on any atom is -1.00 e. The van der Waals surface area contributed by atoms with E-state index in [4.69, 9.17) is 24.7 Å². The van der Waals surface area contributed by atoms with E-state index >= 15 is 0 Å². The predicted molar refractivity (Wildman–Crippen MR) is 164 cm³/mol. The molecule has 0 saturated carbocycles. The van der Waals surface area contributed by atoms with Gasteiger partial charge in [0.15, 0.2) is 40.6 Å². The van der Waals surface area contributed by atoms with Crippen LogP contribution >= 0.6 is 0 Å². The molecule has 2 rings (SSSR count). The van der Waals surface area contributed by atoms with Gasteiger partial charge in [0, 0.05) is 5.92 Å². The summed E-state index contributed by atoms with van der Waals surface area (Å²) < 4.78 is 21.6. The second-order valence-electron chi connectivity index (χ2n) is 10.3. The Hall–Kier alpha value is -3.70. The van der Waals surface area contributed by atoms with Gasteiger partial charge in [0.1, 0.15) is 6.04 Å². The first-order valence-electron chi connectivity index (χ1n) is 14.2. The standard InChI is InChI=1S/C33H42N2O8.2ClH/c1-7-20(3)30(34)32(38)42-26-15-11-22(17-28(26)40-5)9-13-24(36)19-25(37)14-10-23-12-16-27(29(18-23)41-6)43-33(39)31(35)21(4)8-2;;/h9-18,20-21,30-31H,7-8,19,34-35H2,1-6H3;2*1H/p-1/b13-9+,14-10+;;/t20-,21-,30-,31-;;/m0../s1. The molecule has 0 fully saturated rings. The zero-order valence-corrected chi connectivity index (χ0v) is 28.0. The molecule has 12 heteroatoms.